The molecule has 104 valence electrons. The van der Waals surface area contributed by atoms with Crippen LogP contribution in [0.3, 0.4) is 0 Å². The minimum atomic E-state index is -3.94. The molecule has 0 amide bonds. The van der Waals surface area contributed by atoms with Crippen molar-refractivity contribution in [2.75, 3.05) is 12.9 Å². The Hall–Kier alpha value is -0.290. The zero-order valence-corrected chi connectivity index (χ0v) is 10.3. The van der Waals surface area contributed by atoms with Gasteiger partial charge < -0.3 is 25.5 Å². The van der Waals surface area contributed by atoms with E-state index in [4.69, 9.17) is 10.2 Å². The number of hydrogen-bond donors (Lipinski definition) is 5. The molecule has 0 aliphatic heterocycles. The van der Waals surface area contributed by atoms with Gasteiger partial charge in [-0.2, -0.15) is 8.42 Å². The van der Waals surface area contributed by atoms with Crippen LogP contribution in [0.2, 0.25) is 0 Å². The smallest absolute Gasteiger partial charge is 0.264 e. The molecule has 0 aliphatic rings. The number of aliphatic hydroxyl groups is 5. The van der Waals surface area contributed by atoms with Crippen molar-refractivity contribution in [3.8, 4) is 0 Å². The van der Waals surface area contributed by atoms with Crippen molar-refractivity contribution in [1.82, 2.24) is 0 Å². The Labute approximate surface area is 99.2 Å². The highest BCUT2D eigenvalue weighted by atomic mass is 32.2. The maximum absolute atomic E-state index is 10.8. The molecule has 0 radical (unpaired) electrons. The predicted octanol–water partition coefficient (Wildman–Crippen LogP) is -3.21. The van der Waals surface area contributed by atoms with E-state index in [0.717, 1.165) is 0 Å². The van der Waals surface area contributed by atoms with Gasteiger partial charge in [0.1, 0.15) is 24.4 Å². The van der Waals surface area contributed by atoms with Crippen molar-refractivity contribution in [2.24, 2.45) is 0 Å². The van der Waals surface area contributed by atoms with Crippen molar-refractivity contribution >= 4 is 10.1 Å². The van der Waals surface area contributed by atoms with Crippen LogP contribution in [0, 0.1) is 0 Å². The molecular formula is C8H18O8S. The van der Waals surface area contributed by atoms with E-state index in [-0.39, 0.29) is 0 Å². The molecule has 0 rings (SSSR count). The minimum absolute atomic E-state index is 0.708. The highest BCUT2D eigenvalue weighted by molar-refractivity contribution is 7.86. The van der Waals surface area contributed by atoms with E-state index in [1.54, 1.807) is 0 Å². The maximum Gasteiger partial charge on any atom is 0.264 e. The van der Waals surface area contributed by atoms with Crippen LogP contribution in [0.5, 0.6) is 0 Å². The SMILES string of the molecule is CC(O)[C@H](O)[C@@H](O)[C@H](O)[C@@H](CO)OS(C)(=O)=O. The van der Waals surface area contributed by atoms with E-state index in [1.807, 2.05) is 0 Å². The van der Waals surface area contributed by atoms with Crippen LogP contribution in [-0.2, 0) is 14.3 Å². The second-order valence-corrected chi connectivity index (χ2v) is 5.33. The molecule has 9 heteroatoms. The molecule has 1 unspecified atom stereocenters. The van der Waals surface area contributed by atoms with Crippen molar-refractivity contribution in [3.05, 3.63) is 0 Å². The lowest BCUT2D eigenvalue weighted by Gasteiger charge is -2.28. The van der Waals surface area contributed by atoms with Gasteiger partial charge >= 0.3 is 0 Å². The molecule has 0 aliphatic carbocycles. The van der Waals surface area contributed by atoms with Crippen LogP contribution in [0.25, 0.3) is 0 Å². The summed E-state index contributed by atoms with van der Waals surface area (Å²) in [6, 6.07) is 0. The van der Waals surface area contributed by atoms with Crippen molar-refractivity contribution in [3.63, 3.8) is 0 Å². The zero-order valence-electron chi connectivity index (χ0n) is 9.46. The number of aliphatic hydroxyl groups excluding tert-OH is 5. The highest BCUT2D eigenvalue weighted by Gasteiger charge is 2.35. The second-order valence-electron chi connectivity index (χ2n) is 3.73. The molecule has 5 N–H and O–H groups in total. The molecule has 0 saturated carbocycles. The van der Waals surface area contributed by atoms with E-state index in [9.17, 15) is 23.7 Å². The van der Waals surface area contributed by atoms with Crippen molar-refractivity contribution in [1.29, 1.82) is 0 Å². The zero-order chi connectivity index (χ0) is 13.8. The molecule has 8 nitrogen and oxygen atoms in total. The first kappa shape index (κ1) is 16.7. The summed E-state index contributed by atoms with van der Waals surface area (Å²) in [5, 5.41) is 46.0. The lowest BCUT2D eigenvalue weighted by molar-refractivity contribution is -0.131. The summed E-state index contributed by atoms with van der Waals surface area (Å²) in [5.74, 6) is 0. The van der Waals surface area contributed by atoms with Gasteiger partial charge in [-0.1, -0.05) is 0 Å². The molecule has 0 saturated heterocycles. The Morgan fingerprint density at radius 2 is 1.53 bits per heavy atom. The quantitative estimate of drug-likeness (QED) is 0.305. The van der Waals surface area contributed by atoms with Crippen LogP contribution in [0.4, 0.5) is 0 Å². The first-order chi connectivity index (χ1) is 7.60. The molecule has 0 bridgehead atoms. The van der Waals surface area contributed by atoms with Gasteiger partial charge in [0.2, 0.25) is 0 Å². The van der Waals surface area contributed by atoms with Crippen LogP contribution in [-0.4, -0.2) is 77.3 Å². The van der Waals surface area contributed by atoms with E-state index in [2.05, 4.69) is 4.18 Å². The van der Waals surface area contributed by atoms with Crippen molar-refractivity contribution < 1.29 is 38.1 Å². The van der Waals surface area contributed by atoms with Gasteiger partial charge in [0.25, 0.3) is 10.1 Å². The summed E-state index contributed by atoms with van der Waals surface area (Å²) in [6.07, 6.45) is -7.65. The summed E-state index contributed by atoms with van der Waals surface area (Å²) in [5.41, 5.74) is 0. The van der Waals surface area contributed by atoms with Gasteiger partial charge in [0, 0.05) is 0 Å². The first-order valence-electron chi connectivity index (χ1n) is 4.81. The molecule has 17 heavy (non-hydrogen) atoms. The van der Waals surface area contributed by atoms with Crippen molar-refractivity contribution in [2.45, 2.75) is 37.4 Å². The van der Waals surface area contributed by atoms with Crippen LogP contribution >= 0.6 is 0 Å². The fourth-order valence-corrected chi connectivity index (χ4v) is 1.75. The van der Waals surface area contributed by atoms with E-state index in [0.29, 0.717) is 6.26 Å². The van der Waals surface area contributed by atoms with E-state index < -0.39 is 47.2 Å². The summed E-state index contributed by atoms with van der Waals surface area (Å²) >= 11 is 0. The van der Waals surface area contributed by atoms with Crippen LogP contribution in [0.15, 0.2) is 0 Å². The average Bonchev–Trinajstić information content (AvgIpc) is 2.21. The molecule has 0 aromatic carbocycles. The molecule has 0 aromatic heterocycles. The average molecular weight is 274 g/mol. The molecule has 0 fully saturated rings. The normalized spacial score (nSPS) is 21.6. The Morgan fingerprint density at radius 3 is 1.82 bits per heavy atom. The van der Waals surface area contributed by atoms with Gasteiger partial charge in [0.15, 0.2) is 0 Å². The fourth-order valence-electron chi connectivity index (χ4n) is 1.13. The minimum Gasteiger partial charge on any atom is -0.394 e. The topological polar surface area (TPSA) is 145 Å². The number of rotatable bonds is 7. The number of hydrogen-bond acceptors (Lipinski definition) is 8. The molecule has 5 atom stereocenters. The second kappa shape index (κ2) is 6.59. The Balaban J connectivity index is 4.69. The van der Waals surface area contributed by atoms with Crippen LogP contribution < -0.4 is 0 Å². The third-order valence-electron chi connectivity index (χ3n) is 2.05. The molecule has 0 heterocycles. The van der Waals surface area contributed by atoms with Crippen LogP contribution in [0.1, 0.15) is 6.92 Å². The van der Waals surface area contributed by atoms with Gasteiger partial charge in [0.05, 0.1) is 19.0 Å². The van der Waals surface area contributed by atoms with E-state index in [1.165, 1.54) is 6.92 Å². The fraction of sp³-hybridized carbons (Fsp3) is 1.00. The Bertz CT molecular complexity index is 313. The Morgan fingerprint density at radius 1 is 1.06 bits per heavy atom. The molecule has 0 aromatic rings. The summed E-state index contributed by atoms with van der Waals surface area (Å²) in [4.78, 5) is 0. The largest absolute Gasteiger partial charge is 0.394 e. The lowest BCUT2D eigenvalue weighted by Crippen LogP contribution is -2.50. The molecule has 0 spiro atoms. The summed E-state index contributed by atoms with van der Waals surface area (Å²) < 4.78 is 25.9. The highest BCUT2D eigenvalue weighted by Crippen LogP contribution is 2.12. The summed E-state index contributed by atoms with van der Waals surface area (Å²) in [7, 11) is -3.94. The van der Waals surface area contributed by atoms with E-state index >= 15 is 0 Å². The predicted molar refractivity (Wildman–Crippen MR) is 56.5 cm³/mol. The first-order valence-corrected chi connectivity index (χ1v) is 6.63. The van der Waals surface area contributed by atoms with Gasteiger partial charge in [-0.25, -0.2) is 0 Å². The standard InChI is InChI=1S/C8H18O8S/c1-4(10)6(11)8(13)7(12)5(3-9)16-17(2,14)15/h4-13H,3H2,1-2H3/t4?,5-,6+,7-,8-/m1/s1. The van der Waals surface area contributed by atoms with Gasteiger partial charge in [-0.3, -0.25) is 4.18 Å². The monoisotopic (exact) mass is 274 g/mol. The third-order valence-corrected chi connectivity index (χ3v) is 2.65. The van der Waals surface area contributed by atoms with Gasteiger partial charge in [-0.05, 0) is 6.92 Å². The lowest BCUT2D eigenvalue weighted by atomic mass is 10.0. The third kappa shape index (κ3) is 5.73. The molecular weight excluding hydrogens is 256 g/mol. The Kier molecular flexibility index (Phi) is 6.48. The summed E-state index contributed by atoms with van der Waals surface area (Å²) in [6.45, 7) is 0.295. The van der Waals surface area contributed by atoms with Gasteiger partial charge in [-0.15, -0.1) is 0 Å². The maximum atomic E-state index is 10.8.